The number of unbranched alkanes of at least 4 members (excludes halogenated alkanes) is 2. The number of carbonyl (C=O) groups excluding carboxylic acids is 1. The molecule has 0 saturated carbocycles. The number of hydrogen-bond donors (Lipinski definition) is 1. The van der Waals surface area contributed by atoms with E-state index in [2.05, 4.69) is 53.3 Å². The van der Waals surface area contributed by atoms with Crippen LogP contribution < -0.4 is 10.1 Å². The maximum absolute atomic E-state index is 13.1. The van der Waals surface area contributed by atoms with Crippen molar-refractivity contribution < 1.29 is 9.53 Å². The molecule has 0 aliphatic heterocycles. The molecule has 0 aliphatic rings. The van der Waals surface area contributed by atoms with Gasteiger partial charge < -0.3 is 19.5 Å². The summed E-state index contributed by atoms with van der Waals surface area (Å²) in [7, 11) is 1.61. The van der Waals surface area contributed by atoms with E-state index in [0.717, 1.165) is 31.5 Å². The molecule has 0 radical (unpaired) electrons. The van der Waals surface area contributed by atoms with Crippen molar-refractivity contribution in [2.45, 2.75) is 39.3 Å². The zero-order valence-corrected chi connectivity index (χ0v) is 17.9. The Hall–Kier alpha value is -3.21. The van der Waals surface area contributed by atoms with E-state index in [-0.39, 0.29) is 6.03 Å². The van der Waals surface area contributed by atoms with Crippen molar-refractivity contribution in [1.29, 1.82) is 0 Å². The second-order valence-corrected chi connectivity index (χ2v) is 7.37. The molecule has 0 atom stereocenters. The summed E-state index contributed by atoms with van der Waals surface area (Å²) in [6.45, 7) is 4.24. The Kier molecular flexibility index (Phi) is 7.95. The van der Waals surface area contributed by atoms with Crippen molar-refractivity contribution in [3.05, 3.63) is 84.2 Å². The number of anilines is 1. The van der Waals surface area contributed by atoms with Crippen LogP contribution >= 0.6 is 0 Å². The van der Waals surface area contributed by atoms with Gasteiger partial charge in [0.05, 0.1) is 19.3 Å². The summed E-state index contributed by atoms with van der Waals surface area (Å²) in [6.07, 6.45) is 5.27. The zero-order valence-electron chi connectivity index (χ0n) is 17.9. The van der Waals surface area contributed by atoms with E-state index in [1.165, 1.54) is 5.56 Å². The molecule has 1 heterocycles. The highest BCUT2D eigenvalue weighted by molar-refractivity contribution is 5.90. The highest BCUT2D eigenvalue weighted by Crippen LogP contribution is 2.24. The molecule has 0 aliphatic carbocycles. The van der Waals surface area contributed by atoms with Gasteiger partial charge in [-0.15, -0.1) is 0 Å². The highest BCUT2D eigenvalue weighted by atomic mass is 16.5. The number of aromatic nitrogens is 1. The van der Waals surface area contributed by atoms with Crippen LogP contribution in [0.5, 0.6) is 5.75 Å². The molecule has 1 N–H and O–H groups in total. The summed E-state index contributed by atoms with van der Waals surface area (Å²) in [6, 6.07) is 21.9. The lowest BCUT2D eigenvalue weighted by molar-refractivity contribution is 0.206. The van der Waals surface area contributed by atoms with E-state index in [0.29, 0.717) is 24.5 Å². The molecule has 30 heavy (non-hydrogen) atoms. The topological polar surface area (TPSA) is 46.5 Å². The van der Waals surface area contributed by atoms with Gasteiger partial charge in [-0.2, -0.15) is 0 Å². The van der Waals surface area contributed by atoms with Crippen molar-refractivity contribution in [1.82, 2.24) is 9.47 Å². The SMILES string of the molecule is CCCCCN(Cc1cccn1Cc1ccccc1)C(=O)Nc1ccccc1OC. The number of amides is 2. The minimum absolute atomic E-state index is 0.108. The van der Waals surface area contributed by atoms with Gasteiger partial charge in [0.1, 0.15) is 5.75 Å². The Morgan fingerprint density at radius 3 is 2.53 bits per heavy atom. The fourth-order valence-corrected chi connectivity index (χ4v) is 3.47. The van der Waals surface area contributed by atoms with Crippen LogP contribution in [0.1, 0.15) is 37.4 Å². The first-order valence-corrected chi connectivity index (χ1v) is 10.6. The number of urea groups is 1. The fraction of sp³-hybridized carbons (Fsp3) is 0.320. The summed E-state index contributed by atoms with van der Waals surface area (Å²) in [5.41, 5.74) is 3.04. The first-order chi connectivity index (χ1) is 14.7. The van der Waals surface area contributed by atoms with Crippen LogP contribution in [0.4, 0.5) is 10.5 Å². The molecule has 0 saturated heterocycles. The van der Waals surface area contributed by atoms with Crippen molar-refractivity contribution >= 4 is 11.7 Å². The van der Waals surface area contributed by atoms with E-state index in [4.69, 9.17) is 4.74 Å². The van der Waals surface area contributed by atoms with Crippen LogP contribution in [0.3, 0.4) is 0 Å². The van der Waals surface area contributed by atoms with Gasteiger partial charge in [0.25, 0.3) is 0 Å². The monoisotopic (exact) mass is 405 g/mol. The molecule has 5 nitrogen and oxygen atoms in total. The van der Waals surface area contributed by atoms with Crippen molar-refractivity contribution in [2.75, 3.05) is 19.0 Å². The van der Waals surface area contributed by atoms with Crippen LogP contribution in [-0.2, 0) is 13.1 Å². The molecule has 3 aromatic rings. The number of ether oxygens (including phenoxy) is 1. The summed E-state index contributed by atoms with van der Waals surface area (Å²) in [4.78, 5) is 15.0. The van der Waals surface area contributed by atoms with Gasteiger partial charge >= 0.3 is 6.03 Å². The lowest BCUT2D eigenvalue weighted by Crippen LogP contribution is -2.36. The average molecular weight is 406 g/mol. The summed E-state index contributed by atoms with van der Waals surface area (Å²) in [5, 5.41) is 3.02. The summed E-state index contributed by atoms with van der Waals surface area (Å²) >= 11 is 0. The largest absolute Gasteiger partial charge is 0.495 e. The van der Waals surface area contributed by atoms with Crippen LogP contribution in [0.2, 0.25) is 0 Å². The maximum atomic E-state index is 13.1. The number of benzene rings is 2. The minimum Gasteiger partial charge on any atom is -0.495 e. The van der Waals surface area contributed by atoms with E-state index >= 15 is 0 Å². The van der Waals surface area contributed by atoms with Gasteiger partial charge in [-0.25, -0.2) is 4.79 Å². The number of carbonyl (C=O) groups is 1. The van der Waals surface area contributed by atoms with Crippen molar-refractivity contribution in [3.8, 4) is 5.75 Å². The fourth-order valence-electron chi connectivity index (χ4n) is 3.47. The third kappa shape index (κ3) is 5.89. The van der Waals surface area contributed by atoms with Crippen LogP contribution in [0.25, 0.3) is 0 Å². The molecule has 158 valence electrons. The van der Waals surface area contributed by atoms with Gasteiger partial charge in [-0.1, -0.05) is 62.2 Å². The van der Waals surface area contributed by atoms with E-state index in [9.17, 15) is 4.79 Å². The lowest BCUT2D eigenvalue weighted by atomic mass is 10.2. The van der Waals surface area contributed by atoms with Gasteiger partial charge in [0.2, 0.25) is 0 Å². The Morgan fingerprint density at radius 2 is 1.77 bits per heavy atom. The van der Waals surface area contributed by atoms with E-state index in [1.54, 1.807) is 7.11 Å². The van der Waals surface area contributed by atoms with Crippen molar-refractivity contribution in [3.63, 3.8) is 0 Å². The van der Waals surface area contributed by atoms with Gasteiger partial charge in [-0.05, 0) is 36.2 Å². The number of nitrogens with one attached hydrogen (secondary N) is 1. The van der Waals surface area contributed by atoms with E-state index in [1.807, 2.05) is 41.3 Å². The second kappa shape index (κ2) is 11.1. The van der Waals surface area contributed by atoms with Crippen LogP contribution in [0, 0.1) is 0 Å². The minimum atomic E-state index is -0.108. The Morgan fingerprint density at radius 1 is 1.00 bits per heavy atom. The van der Waals surface area contributed by atoms with Crippen molar-refractivity contribution in [2.24, 2.45) is 0 Å². The van der Waals surface area contributed by atoms with Crippen LogP contribution in [0.15, 0.2) is 72.9 Å². The third-order valence-electron chi connectivity index (χ3n) is 5.14. The molecule has 2 aromatic carbocycles. The van der Waals surface area contributed by atoms with Crippen LogP contribution in [-0.4, -0.2) is 29.2 Å². The predicted octanol–water partition coefficient (Wildman–Crippen LogP) is 5.77. The highest BCUT2D eigenvalue weighted by Gasteiger charge is 2.17. The van der Waals surface area contributed by atoms with Gasteiger partial charge in [0, 0.05) is 25.0 Å². The molecular weight excluding hydrogens is 374 g/mol. The number of para-hydroxylation sites is 2. The number of hydrogen-bond acceptors (Lipinski definition) is 2. The van der Waals surface area contributed by atoms with Gasteiger partial charge in [0.15, 0.2) is 0 Å². The average Bonchev–Trinajstić information content (AvgIpc) is 3.20. The molecule has 3 rings (SSSR count). The number of methoxy groups -OCH3 is 1. The summed E-state index contributed by atoms with van der Waals surface area (Å²) < 4.78 is 7.59. The Balaban J connectivity index is 1.74. The standard InChI is InChI=1S/C25H31N3O2/c1-3-4-10-17-28(25(29)26-23-15-8-9-16-24(23)30-2)20-22-14-11-18-27(22)19-21-12-6-5-7-13-21/h5-9,11-16,18H,3-4,10,17,19-20H2,1-2H3,(H,26,29). The first kappa shape index (κ1) is 21.5. The normalized spacial score (nSPS) is 10.6. The van der Waals surface area contributed by atoms with E-state index < -0.39 is 0 Å². The molecule has 0 fully saturated rings. The molecule has 0 bridgehead atoms. The Labute approximate surface area is 179 Å². The molecular formula is C25H31N3O2. The lowest BCUT2D eigenvalue weighted by Gasteiger charge is -2.24. The summed E-state index contributed by atoms with van der Waals surface area (Å²) in [5.74, 6) is 0.659. The first-order valence-electron chi connectivity index (χ1n) is 10.6. The number of rotatable bonds is 10. The molecule has 1 aromatic heterocycles. The second-order valence-electron chi connectivity index (χ2n) is 7.37. The van der Waals surface area contributed by atoms with Gasteiger partial charge in [-0.3, -0.25) is 0 Å². The third-order valence-corrected chi connectivity index (χ3v) is 5.14. The maximum Gasteiger partial charge on any atom is 0.322 e. The molecule has 0 spiro atoms. The zero-order chi connectivity index (χ0) is 21.2. The quantitative estimate of drug-likeness (QED) is 0.435. The molecule has 0 unspecified atom stereocenters. The predicted molar refractivity (Wildman–Crippen MR) is 122 cm³/mol. The Bertz CT molecular complexity index is 921. The number of nitrogens with zero attached hydrogens (tertiary/aromatic N) is 2. The smallest absolute Gasteiger partial charge is 0.322 e. The molecule has 2 amide bonds. The molecule has 5 heteroatoms.